The van der Waals surface area contributed by atoms with E-state index in [9.17, 15) is 27.5 Å². The number of ether oxygens (including phenoxy) is 1. The lowest BCUT2D eigenvalue weighted by Gasteiger charge is -2.17. The fraction of sp³-hybridized carbons (Fsp3) is 0.278. The molecule has 0 radical (unpaired) electrons. The predicted molar refractivity (Wildman–Crippen MR) is 81.6 cm³/mol. The minimum absolute atomic E-state index is 0.0345. The summed E-state index contributed by atoms with van der Waals surface area (Å²) in [6.45, 7) is 1.56. The number of benzene rings is 2. The van der Waals surface area contributed by atoms with Gasteiger partial charge in [0.05, 0.1) is 5.56 Å². The Kier molecular flexibility index (Phi) is 4.18. The van der Waals surface area contributed by atoms with Gasteiger partial charge in [0.1, 0.15) is 22.9 Å². The molecule has 1 aliphatic carbocycles. The van der Waals surface area contributed by atoms with E-state index >= 15 is 0 Å². The van der Waals surface area contributed by atoms with Crippen LogP contribution in [-0.2, 0) is 6.18 Å². The van der Waals surface area contributed by atoms with E-state index in [1.54, 1.807) is 6.92 Å². The molecule has 3 rings (SSSR count). The Morgan fingerprint density at radius 1 is 1.16 bits per heavy atom. The minimum atomic E-state index is -4.65. The highest BCUT2D eigenvalue weighted by Gasteiger charge is 2.40. The first-order chi connectivity index (χ1) is 11.7. The zero-order valence-corrected chi connectivity index (χ0v) is 13.2. The topological polar surface area (TPSA) is 46.5 Å². The van der Waals surface area contributed by atoms with Gasteiger partial charge in [-0.1, -0.05) is 0 Å². The molecule has 2 aromatic carbocycles. The fourth-order valence-electron chi connectivity index (χ4n) is 2.67. The largest absolute Gasteiger partial charge is 0.478 e. The van der Waals surface area contributed by atoms with Crippen molar-refractivity contribution in [2.24, 2.45) is 0 Å². The van der Waals surface area contributed by atoms with Crippen molar-refractivity contribution in [2.75, 3.05) is 0 Å². The molecule has 0 spiro atoms. The Balaban J connectivity index is 2.11. The molecule has 132 valence electrons. The highest BCUT2D eigenvalue weighted by molar-refractivity contribution is 5.91. The maximum atomic E-state index is 13.3. The number of carboxylic acid groups (broad SMARTS) is 1. The number of carboxylic acids is 1. The SMILES string of the molecule is Cc1cc(F)ccc1Oc1cc(C2CC2)c(C(F)(F)F)cc1C(=O)O. The molecule has 1 N–H and O–H groups in total. The van der Waals surface area contributed by atoms with Crippen molar-refractivity contribution in [1.82, 2.24) is 0 Å². The summed E-state index contributed by atoms with van der Waals surface area (Å²) in [5.74, 6) is -2.27. The van der Waals surface area contributed by atoms with Crippen molar-refractivity contribution < 1.29 is 32.2 Å². The van der Waals surface area contributed by atoms with Crippen LogP contribution in [0.4, 0.5) is 17.6 Å². The Morgan fingerprint density at radius 3 is 2.36 bits per heavy atom. The van der Waals surface area contributed by atoms with Crippen molar-refractivity contribution in [3.63, 3.8) is 0 Å². The zero-order valence-electron chi connectivity index (χ0n) is 13.2. The molecule has 0 atom stereocenters. The molecule has 1 fully saturated rings. The van der Waals surface area contributed by atoms with Crippen LogP contribution in [0, 0.1) is 12.7 Å². The van der Waals surface area contributed by atoms with E-state index in [4.69, 9.17) is 4.74 Å². The van der Waals surface area contributed by atoms with Gasteiger partial charge in [0, 0.05) is 0 Å². The molecule has 0 heterocycles. The number of alkyl halides is 3. The summed E-state index contributed by atoms with van der Waals surface area (Å²) in [7, 11) is 0. The van der Waals surface area contributed by atoms with Gasteiger partial charge in [0.25, 0.3) is 0 Å². The van der Waals surface area contributed by atoms with Gasteiger partial charge in [-0.25, -0.2) is 9.18 Å². The average molecular weight is 354 g/mol. The maximum Gasteiger partial charge on any atom is 0.416 e. The lowest BCUT2D eigenvalue weighted by atomic mass is 9.98. The number of rotatable bonds is 4. The lowest BCUT2D eigenvalue weighted by molar-refractivity contribution is -0.138. The summed E-state index contributed by atoms with van der Waals surface area (Å²) in [5, 5.41) is 9.29. The summed E-state index contributed by atoms with van der Waals surface area (Å²) in [6.07, 6.45) is -3.42. The summed E-state index contributed by atoms with van der Waals surface area (Å²) >= 11 is 0. The van der Waals surface area contributed by atoms with Gasteiger partial charge in [0.2, 0.25) is 0 Å². The predicted octanol–water partition coefficient (Wildman–Crippen LogP) is 5.52. The van der Waals surface area contributed by atoms with Crippen LogP contribution in [0.5, 0.6) is 11.5 Å². The van der Waals surface area contributed by atoms with E-state index in [2.05, 4.69) is 0 Å². The third-order valence-corrected chi connectivity index (χ3v) is 4.06. The molecule has 3 nitrogen and oxygen atoms in total. The van der Waals surface area contributed by atoms with Crippen LogP contribution in [0.25, 0.3) is 0 Å². The number of hydrogen-bond donors (Lipinski definition) is 1. The Bertz CT molecular complexity index is 839. The normalized spacial score (nSPS) is 14.4. The molecule has 2 aromatic rings. The molecule has 7 heteroatoms. The monoisotopic (exact) mass is 354 g/mol. The maximum absolute atomic E-state index is 13.3. The molecule has 0 saturated heterocycles. The molecule has 0 aromatic heterocycles. The van der Waals surface area contributed by atoms with Crippen LogP contribution in [0.1, 0.15) is 45.8 Å². The number of hydrogen-bond acceptors (Lipinski definition) is 2. The van der Waals surface area contributed by atoms with Gasteiger partial charge < -0.3 is 9.84 Å². The van der Waals surface area contributed by atoms with E-state index in [0.29, 0.717) is 24.5 Å². The Hall–Kier alpha value is -2.57. The van der Waals surface area contributed by atoms with Crippen LogP contribution < -0.4 is 4.74 Å². The van der Waals surface area contributed by atoms with Crippen LogP contribution in [0.3, 0.4) is 0 Å². The van der Waals surface area contributed by atoms with E-state index in [1.807, 2.05) is 0 Å². The standard InChI is InChI=1S/C18H14F4O3/c1-9-6-11(19)4-5-15(9)25-16-8-12(10-2-3-10)14(18(20,21)22)7-13(16)17(23)24/h4-8,10H,2-3H2,1H3,(H,23,24). The number of aryl methyl sites for hydroxylation is 1. The van der Waals surface area contributed by atoms with Crippen molar-refractivity contribution in [1.29, 1.82) is 0 Å². The van der Waals surface area contributed by atoms with E-state index in [1.165, 1.54) is 12.1 Å². The van der Waals surface area contributed by atoms with Crippen LogP contribution in [0.15, 0.2) is 30.3 Å². The quantitative estimate of drug-likeness (QED) is 0.735. The van der Waals surface area contributed by atoms with Crippen molar-refractivity contribution >= 4 is 5.97 Å². The molecule has 0 aliphatic heterocycles. The minimum Gasteiger partial charge on any atom is -0.478 e. The van der Waals surface area contributed by atoms with Crippen LogP contribution in [0.2, 0.25) is 0 Å². The van der Waals surface area contributed by atoms with Crippen molar-refractivity contribution in [2.45, 2.75) is 31.9 Å². The van der Waals surface area contributed by atoms with Crippen molar-refractivity contribution in [3.8, 4) is 11.5 Å². The zero-order chi connectivity index (χ0) is 18.4. The highest BCUT2D eigenvalue weighted by Crippen LogP contribution is 2.48. The molecule has 0 unspecified atom stereocenters. The third-order valence-electron chi connectivity index (χ3n) is 4.06. The molecular formula is C18H14F4O3. The van der Waals surface area contributed by atoms with Gasteiger partial charge in [-0.3, -0.25) is 0 Å². The first-order valence-electron chi connectivity index (χ1n) is 7.59. The average Bonchev–Trinajstić information content (AvgIpc) is 3.33. The lowest BCUT2D eigenvalue weighted by Crippen LogP contribution is -2.12. The third kappa shape index (κ3) is 3.60. The second-order valence-electron chi connectivity index (χ2n) is 6.02. The van der Waals surface area contributed by atoms with Crippen molar-refractivity contribution in [3.05, 3.63) is 58.4 Å². The Morgan fingerprint density at radius 2 is 1.84 bits per heavy atom. The van der Waals surface area contributed by atoms with E-state index < -0.39 is 29.1 Å². The van der Waals surface area contributed by atoms with Gasteiger partial charge in [0.15, 0.2) is 0 Å². The van der Waals surface area contributed by atoms with Gasteiger partial charge in [-0.15, -0.1) is 0 Å². The van der Waals surface area contributed by atoms with Gasteiger partial charge >= 0.3 is 12.1 Å². The van der Waals surface area contributed by atoms with E-state index in [0.717, 1.165) is 12.1 Å². The summed E-state index contributed by atoms with van der Waals surface area (Å²) < 4.78 is 58.5. The first-order valence-corrected chi connectivity index (χ1v) is 7.59. The van der Waals surface area contributed by atoms with Crippen LogP contribution >= 0.6 is 0 Å². The molecule has 1 aliphatic rings. The molecule has 1 saturated carbocycles. The number of carbonyl (C=O) groups is 1. The first kappa shape index (κ1) is 17.3. The van der Waals surface area contributed by atoms with Crippen LogP contribution in [-0.4, -0.2) is 11.1 Å². The molecule has 0 bridgehead atoms. The number of halogens is 4. The summed E-state index contributed by atoms with van der Waals surface area (Å²) in [5.41, 5.74) is -1.09. The second kappa shape index (κ2) is 6.06. The smallest absolute Gasteiger partial charge is 0.416 e. The summed E-state index contributed by atoms with van der Waals surface area (Å²) in [4.78, 5) is 11.4. The molecular weight excluding hydrogens is 340 g/mol. The molecule has 25 heavy (non-hydrogen) atoms. The fourth-order valence-corrected chi connectivity index (χ4v) is 2.67. The summed E-state index contributed by atoms with van der Waals surface area (Å²) in [6, 6.07) is 5.40. The highest BCUT2D eigenvalue weighted by atomic mass is 19.4. The van der Waals surface area contributed by atoms with Gasteiger partial charge in [-0.2, -0.15) is 13.2 Å². The second-order valence-corrected chi connectivity index (χ2v) is 6.02. The molecule has 0 amide bonds. The van der Waals surface area contributed by atoms with E-state index in [-0.39, 0.29) is 23.0 Å². The number of aromatic carboxylic acids is 1. The van der Waals surface area contributed by atoms with Gasteiger partial charge in [-0.05, 0) is 67.1 Å². The Labute approximate surface area is 140 Å².